The average molecular weight is 322 g/mol. The van der Waals surface area contributed by atoms with Gasteiger partial charge in [0.25, 0.3) is 0 Å². The summed E-state index contributed by atoms with van der Waals surface area (Å²) in [6, 6.07) is 18.6. The van der Waals surface area contributed by atoms with Crippen LogP contribution in [-0.4, -0.2) is 18.4 Å². The van der Waals surface area contributed by atoms with E-state index in [0.29, 0.717) is 5.56 Å². The van der Waals surface area contributed by atoms with Crippen LogP contribution in [0.5, 0.6) is 0 Å². The van der Waals surface area contributed by atoms with Crippen molar-refractivity contribution in [3.63, 3.8) is 0 Å². The number of carbonyl (C=O) groups is 2. The summed E-state index contributed by atoms with van der Waals surface area (Å²) < 4.78 is 5.16. The van der Waals surface area contributed by atoms with Gasteiger partial charge >= 0.3 is 5.97 Å². The zero-order valence-electron chi connectivity index (χ0n) is 14.1. The molecule has 0 aromatic heterocycles. The van der Waals surface area contributed by atoms with Crippen molar-refractivity contribution in [1.29, 1.82) is 0 Å². The summed E-state index contributed by atoms with van der Waals surface area (Å²) in [4.78, 5) is 25.3. The predicted molar refractivity (Wildman–Crippen MR) is 95.6 cm³/mol. The summed E-state index contributed by atoms with van der Waals surface area (Å²) in [7, 11) is 0. The lowest BCUT2D eigenvalue weighted by atomic mass is 9.79. The number of hydrogen-bond donors (Lipinski definition) is 0. The molecule has 124 valence electrons. The highest BCUT2D eigenvalue weighted by atomic mass is 16.5. The Kier molecular flexibility index (Phi) is 6.07. The van der Waals surface area contributed by atoms with Crippen molar-refractivity contribution >= 4 is 17.8 Å². The van der Waals surface area contributed by atoms with E-state index in [-0.39, 0.29) is 18.8 Å². The van der Waals surface area contributed by atoms with E-state index in [0.717, 1.165) is 5.56 Å². The van der Waals surface area contributed by atoms with Crippen molar-refractivity contribution in [2.75, 3.05) is 6.61 Å². The van der Waals surface area contributed by atoms with Crippen LogP contribution in [0.3, 0.4) is 0 Å². The monoisotopic (exact) mass is 322 g/mol. The molecule has 24 heavy (non-hydrogen) atoms. The van der Waals surface area contributed by atoms with Crippen LogP contribution in [0.2, 0.25) is 0 Å². The molecule has 0 aliphatic carbocycles. The Morgan fingerprint density at radius 3 is 2.17 bits per heavy atom. The first-order valence-corrected chi connectivity index (χ1v) is 8.06. The van der Waals surface area contributed by atoms with Crippen LogP contribution >= 0.6 is 0 Å². The molecule has 0 radical (unpaired) electrons. The van der Waals surface area contributed by atoms with E-state index in [2.05, 4.69) is 0 Å². The van der Waals surface area contributed by atoms with E-state index in [1.54, 1.807) is 38.1 Å². The number of rotatable bonds is 7. The van der Waals surface area contributed by atoms with Crippen LogP contribution in [0.4, 0.5) is 0 Å². The molecule has 0 bridgehead atoms. The molecule has 3 nitrogen and oxygen atoms in total. The van der Waals surface area contributed by atoms with Crippen molar-refractivity contribution in [2.24, 2.45) is 5.41 Å². The van der Waals surface area contributed by atoms with Gasteiger partial charge in [0.05, 0.1) is 6.61 Å². The Labute approximate surface area is 143 Å². The molecule has 3 heteroatoms. The van der Waals surface area contributed by atoms with Crippen LogP contribution < -0.4 is 0 Å². The predicted octanol–water partition coefficient (Wildman–Crippen LogP) is 4.54. The molecule has 0 N–H and O–H groups in total. The van der Waals surface area contributed by atoms with Crippen molar-refractivity contribution < 1.29 is 14.3 Å². The van der Waals surface area contributed by atoms with Gasteiger partial charge in [-0.1, -0.05) is 72.8 Å². The number of allylic oxidation sites excluding steroid dienone is 1. The minimum Gasteiger partial charge on any atom is -0.465 e. The Morgan fingerprint density at radius 2 is 1.58 bits per heavy atom. The van der Waals surface area contributed by atoms with Gasteiger partial charge in [0.1, 0.15) is 5.41 Å². The number of ketones is 1. The van der Waals surface area contributed by atoms with Crippen LogP contribution in [0.25, 0.3) is 6.08 Å². The minimum absolute atomic E-state index is 0.223. The fraction of sp³-hybridized carbons (Fsp3) is 0.238. The van der Waals surface area contributed by atoms with Gasteiger partial charge < -0.3 is 4.74 Å². The average Bonchev–Trinajstić information content (AvgIpc) is 2.62. The number of benzene rings is 2. The Balaban J connectivity index is 2.25. The number of hydrogen-bond acceptors (Lipinski definition) is 3. The van der Waals surface area contributed by atoms with E-state index in [4.69, 9.17) is 4.74 Å². The van der Waals surface area contributed by atoms with Crippen LogP contribution in [-0.2, 0) is 9.53 Å². The third-order valence-electron chi connectivity index (χ3n) is 3.90. The molecule has 0 saturated carbocycles. The third kappa shape index (κ3) is 4.19. The van der Waals surface area contributed by atoms with Gasteiger partial charge in [-0.3, -0.25) is 9.59 Å². The Hall–Kier alpha value is -2.68. The van der Waals surface area contributed by atoms with Crippen LogP contribution in [0.15, 0.2) is 66.7 Å². The topological polar surface area (TPSA) is 43.4 Å². The lowest BCUT2D eigenvalue weighted by molar-refractivity contribution is -0.151. The lowest BCUT2D eigenvalue weighted by Gasteiger charge is -2.24. The standard InChI is InChI=1S/C21H22O3/c1-3-24-20(23)21(2,19(22)18-14-8-5-9-15-18)16-10-13-17-11-6-4-7-12-17/h4-15H,3,16H2,1-2H3/b13-10+/t21-/m1/s1. The number of carbonyl (C=O) groups excluding carboxylic acids is 2. The molecule has 0 aliphatic rings. The van der Waals surface area contributed by atoms with Gasteiger partial charge in [0, 0.05) is 5.56 Å². The van der Waals surface area contributed by atoms with Gasteiger partial charge in [0.2, 0.25) is 0 Å². The Bertz CT molecular complexity index is 704. The summed E-state index contributed by atoms with van der Waals surface area (Å²) in [6.07, 6.45) is 4.05. The van der Waals surface area contributed by atoms with Crippen molar-refractivity contribution in [3.8, 4) is 0 Å². The molecule has 0 heterocycles. The maximum atomic E-state index is 12.9. The fourth-order valence-corrected chi connectivity index (χ4v) is 2.46. The highest BCUT2D eigenvalue weighted by Gasteiger charge is 2.41. The largest absolute Gasteiger partial charge is 0.465 e. The first kappa shape index (κ1) is 17.7. The van der Waals surface area contributed by atoms with Crippen molar-refractivity contribution in [3.05, 3.63) is 77.9 Å². The van der Waals surface area contributed by atoms with Gasteiger partial charge in [-0.15, -0.1) is 0 Å². The Morgan fingerprint density at radius 1 is 1.00 bits per heavy atom. The molecule has 1 atom stereocenters. The third-order valence-corrected chi connectivity index (χ3v) is 3.90. The van der Waals surface area contributed by atoms with E-state index < -0.39 is 11.4 Å². The molecule has 2 aromatic rings. The summed E-state index contributed by atoms with van der Waals surface area (Å²) in [5.41, 5.74) is 0.305. The molecule has 0 amide bonds. The normalized spacial score (nSPS) is 13.4. The molecule has 0 saturated heterocycles. The fourth-order valence-electron chi connectivity index (χ4n) is 2.46. The van der Waals surface area contributed by atoms with Gasteiger partial charge in [-0.25, -0.2) is 0 Å². The van der Waals surface area contributed by atoms with Gasteiger partial charge in [-0.2, -0.15) is 0 Å². The zero-order valence-corrected chi connectivity index (χ0v) is 14.1. The highest BCUT2D eigenvalue weighted by molar-refractivity contribution is 6.12. The quantitative estimate of drug-likeness (QED) is 0.427. The number of ether oxygens (including phenoxy) is 1. The number of Topliss-reactive ketones (excluding diaryl/α,β-unsaturated/α-hetero) is 1. The number of esters is 1. The van der Waals surface area contributed by atoms with E-state index in [9.17, 15) is 9.59 Å². The van der Waals surface area contributed by atoms with E-state index in [1.165, 1.54) is 0 Å². The SMILES string of the molecule is CCOC(=O)[C@](C)(C/C=C/c1ccccc1)C(=O)c1ccccc1. The molecule has 0 spiro atoms. The smallest absolute Gasteiger partial charge is 0.320 e. The first-order chi connectivity index (χ1) is 11.6. The summed E-state index contributed by atoms with van der Waals surface area (Å²) in [5.74, 6) is -0.712. The summed E-state index contributed by atoms with van der Waals surface area (Å²) >= 11 is 0. The van der Waals surface area contributed by atoms with Gasteiger partial charge in [-0.05, 0) is 25.8 Å². The van der Waals surface area contributed by atoms with E-state index >= 15 is 0 Å². The summed E-state index contributed by atoms with van der Waals surface area (Å²) in [6.45, 7) is 3.64. The second-order valence-corrected chi connectivity index (χ2v) is 5.76. The second kappa shape index (κ2) is 8.25. The molecular formula is C21H22O3. The molecule has 0 fully saturated rings. The minimum atomic E-state index is -1.23. The zero-order chi connectivity index (χ0) is 17.4. The summed E-state index contributed by atoms with van der Waals surface area (Å²) in [5, 5.41) is 0. The molecule has 0 aliphatic heterocycles. The van der Waals surface area contributed by atoms with Crippen LogP contribution in [0.1, 0.15) is 36.2 Å². The maximum absolute atomic E-state index is 12.9. The van der Waals surface area contributed by atoms with Gasteiger partial charge in [0.15, 0.2) is 5.78 Å². The van der Waals surface area contributed by atoms with E-state index in [1.807, 2.05) is 48.6 Å². The maximum Gasteiger partial charge on any atom is 0.320 e. The second-order valence-electron chi connectivity index (χ2n) is 5.76. The van der Waals surface area contributed by atoms with Crippen LogP contribution in [0, 0.1) is 5.41 Å². The molecular weight excluding hydrogens is 300 g/mol. The van der Waals surface area contributed by atoms with Crippen molar-refractivity contribution in [2.45, 2.75) is 20.3 Å². The highest BCUT2D eigenvalue weighted by Crippen LogP contribution is 2.29. The molecule has 0 unspecified atom stereocenters. The molecule has 2 aromatic carbocycles. The lowest BCUT2D eigenvalue weighted by Crippen LogP contribution is -2.37. The first-order valence-electron chi connectivity index (χ1n) is 8.06. The molecule has 2 rings (SSSR count). The van der Waals surface area contributed by atoms with Crippen molar-refractivity contribution in [1.82, 2.24) is 0 Å².